The fourth-order valence-electron chi connectivity index (χ4n) is 2.80. The van der Waals surface area contributed by atoms with Crippen molar-refractivity contribution in [1.82, 2.24) is 9.71 Å². The van der Waals surface area contributed by atoms with E-state index in [1.807, 2.05) is 4.72 Å². The highest BCUT2D eigenvalue weighted by Crippen LogP contribution is 2.35. The zero-order chi connectivity index (χ0) is 18.9. The number of benzene rings is 1. The second kappa shape index (κ2) is 6.75. The molecule has 1 aromatic carbocycles. The number of aromatic nitrogens is 1. The molecule has 136 valence electrons. The van der Waals surface area contributed by atoms with Gasteiger partial charge in [0, 0.05) is 31.4 Å². The van der Waals surface area contributed by atoms with Gasteiger partial charge in [0.1, 0.15) is 10.6 Å². The Labute approximate surface area is 150 Å². The molecule has 0 radical (unpaired) electrons. The highest BCUT2D eigenvalue weighted by molar-refractivity contribution is 7.90. The third-order valence-electron chi connectivity index (χ3n) is 4.21. The van der Waals surface area contributed by atoms with Crippen LogP contribution in [0.3, 0.4) is 0 Å². The average molecular weight is 375 g/mol. The predicted molar refractivity (Wildman–Crippen MR) is 93.3 cm³/mol. The number of para-hydroxylation sites is 1. The van der Waals surface area contributed by atoms with Gasteiger partial charge in [-0.25, -0.2) is 13.1 Å². The number of hydrogen-bond acceptors (Lipinski definition) is 6. The van der Waals surface area contributed by atoms with Crippen molar-refractivity contribution in [2.24, 2.45) is 0 Å². The molecule has 0 spiro atoms. The molecule has 2 heterocycles. The second-order valence-corrected chi connectivity index (χ2v) is 7.48. The summed E-state index contributed by atoms with van der Waals surface area (Å²) >= 11 is 0. The highest BCUT2D eigenvalue weighted by atomic mass is 32.2. The monoisotopic (exact) mass is 375 g/mol. The number of ether oxygens (including phenoxy) is 1. The van der Waals surface area contributed by atoms with Crippen LogP contribution in [0.2, 0.25) is 0 Å². The van der Waals surface area contributed by atoms with Gasteiger partial charge < -0.3 is 9.64 Å². The molecule has 2 aromatic rings. The standard InChI is InChI=1S/C17H17N3O5S/c1-20-15-6-4-3-5-13(15)14(8-16(20)21)17(22)19-26(23,24)12-7-11(25-2)9-18-10-12/h3-7,9-10,14H,8H2,1-2H3,(H,19,22). The largest absolute Gasteiger partial charge is 0.495 e. The van der Waals surface area contributed by atoms with Gasteiger partial charge in [-0.15, -0.1) is 0 Å². The summed E-state index contributed by atoms with van der Waals surface area (Å²) in [5, 5.41) is 0. The van der Waals surface area contributed by atoms with Crippen LogP contribution in [-0.2, 0) is 19.6 Å². The number of pyridine rings is 1. The molecule has 1 atom stereocenters. The maximum absolute atomic E-state index is 12.6. The van der Waals surface area contributed by atoms with Crippen molar-refractivity contribution in [3.05, 3.63) is 48.3 Å². The Morgan fingerprint density at radius 1 is 1.31 bits per heavy atom. The predicted octanol–water partition coefficient (Wildman–Crippen LogP) is 1.05. The van der Waals surface area contributed by atoms with Gasteiger partial charge in [-0.2, -0.15) is 0 Å². The quantitative estimate of drug-likeness (QED) is 0.856. The van der Waals surface area contributed by atoms with E-state index in [2.05, 4.69) is 4.98 Å². The first-order valence-corrected chi connectivity index (χ1v) is 9.23. The highest BCUT2D eigenvalue weighted by Gasteiger charge is 2.35. The molecule has 0 aliphatic carbocycles. The fraction of sp³-hybridized carbons (Fsp3) is 0.235. The minimum absolute atomic E-state index is 0.106. The molecule has 2 amide bonds. The summed E-state index contributed by atoms with van der Waals surface area (Å²) in [4.78, 5) is 29.8. The van der Waals surface area contributed by atoms with Crippen molar-refractivity contribution in [2.45, 2.75) is 17.2 Å². The van der Waals surface area contributed by atoms with Crippen molar-refractivity contribution < 1.29 is 22.7 Å². The average Bonchev–Trinajstić information content (AvgIpc) is 2.64. The second-order valence-electron chi connectivity index (χ2n) is 5.80. The van der Waals surface area contributed by atoms with E-state index in [1.54, 1.807) is 31.3 Å². The number of rotatable bonds is 4. The summed E-state index contributed by atoms with van der Waals surface area (Å²) in [6.45, 7) is 0. The third-order valence-corrected chi connectivity index (χ3v) is 5.53. The van der Waals surface area contributed by atoms with Gasteiger partial charge in [0.15, 0.2) is 0 Å². The molecule has 0 fully saturated rings. The SMILES string of the molecule is COc1cncc(S(=O)(=O)NC(=O)C2CC(=O)N(C)c3ccccc32)c1. The number of amides is 2. The number of methoxy groups -OCH3 is 1. The number of carbonyl (C=O) groups is 2. The molecule has 1 aromatic heterocycles. The summed E-state index contributed by atoms with van der Waals surface area (Å²) in [5.41, 5.74) is 1.19. The minimum Gasteiger partial charge on any atom is -0.495 e. The van der Waals surface area contributed by atoms with E-state index in [9.17, 15) is 18.0 Å². The molecule has 1 aliphatic heterocycles. The molecule has 3 rings (SSSR count). The van der Waals surface area contributed by atoms with Crippen LogP contribution < -0.4 is 14.4 Å². The van der Waals surface area contributed by atoms with Crippen molar-refractivity contribution >= 4 is 27.5 Å². The van der Waals surface area contributed by atoms with Gasteiger partial charge in [-0.1, -0.05) is 18.2 Å². The first kappa shape index (κ1) is 17.9. The minimum atomic E-state index is -4.14. The lowest BCUT2D eigenvalue weighted by Gasteiger charge is -2.30. The lowest BCUT2D eigenvalue weighted by molar-refractivity contribution is -0.126. The van der Waals surface area contributed by atoms with Gasteiger partial charge in [0.2, 0.25) is 11.8 Å². The fourth-order valence-corrected chi connectivity index (χ4v) is 3.79. The van der Waals surface area contributed by atoms with Crippen molar-refractivity contribution in [3.63, 3.8) is 0 Å². The molecule has 0 saturated carbocycles. The molecule has 0 saturated heterocycles. The number of nitrogens with one attached hydrogen (secondary N) is 1. The lowest BCUT2D eigenvalue weighted by atomic mass is 9.89. The lowest BCUT2D eigenvalue weighted by Crippen LogP contribution is -2.41. The zero-order valence-corrected chi connectivity index (χ0v) is 15.0. The maximum atomic E-state index is 12.6. The molecule has 9 heteroatoms. The van der Waals surface area contributed by atoms with Crippen LogP contribution in [0, 0.1) is 0 Å². The topological polar surface area (TPSA) is 106 Å². The third kappa shape index (κ3) is 3.25. The summed E-state index contributed by atoms with van der Waals surface area (Å²) in [5.74, 6) is -1.66. The van der Waals surface area contributed by atoms with Crippen molar-refractivity contribution in [1.29, 1.82) is 0 Å². The van der Waals surface area contributed by atoms with E-state index in [-0.39, 0.29) is 23.0 Å². The maximum Gasteiger partial charge on any atom is 0.265 e. The number of hydrogen-bond donors (Lipinski definition) is 1. The molecular formula is C17H17N3O5S. The number of nitrogens with zero attached hydrogens (tertiary/aromatic N) is 2. The van der Waals surface area contributed by atoms with Gasteiger partial charge in [0.25, 0.3) is 10.0 Å². The summed E-state index contributed by atoms with van der Waals surface area (Å²) in [7, 11) is -1.14. The van der Waals surface area contributed by atoms with Crippen LogP contribution in [0.25, 0.3) is 0 Å². The zero-order valence-electron chi connectivity index (χ0n) is 14.2. The van der Waals surface area contributed by atoms with E-state index in [0.717, 1.165) is 6.20 Å². The van der Waals surface area contributed by atoms with E-state index in [4.69, 9.17) is 4.74 Å². The van der Waals surface area contributed by atoms with Crippen molar-refractivity contribution in [2.75, 3.05) is 19.1 Å². The van der Waals surface area contributed by atoms with Crippen LogP contribution in [0.1, 0.15) is 17.9 Å². The first-order chi connectivity index (χ1) is 12.3. The normalized spacial score (nSPS) is 16.8. The van der Waals surface area contributed by atoms with Crippen LogP contribution in [-0.4, -0.2) is 39.4 Å². The van der Waals surface area contributed by atoms with Crippen molar-refractivity contribution in [3.8, 4) is 5.75 Å². The van der Waals surface area contributed by atoms with Crippen LogP contribution in [0.15, 0.2) is 47.6 Å². The van der Waals surface area contributed by atoms with Gasteiger partial charge in [-0.3, -0.25) is 14.6 Å². The molecule has 1 aliphatic rings. The molecule has 0 bridgehead atoms. The van der Waals surface area contributed by atoms with Crippen LogP contribution in [0.5, 0.6) is 5.75 Å². The summed E-state index contributed by atoms with van der Waals surface area (Å²) < 4.78 is 32.0. The molecular weight excluding hydrogens is 358 g/mol. The Hall–Kier alpha value is -2.94. The van der Waals surface area contributed by atoms with E-state index in [1.165, 1.54) is 24.3 Å². The number of sulfonamides is 1. The van der Waals surface area contributed by atoms with Crippen LogP contribution >= 0.6 is 0 Å². The van der Waals surface area contributed by atoms with Gasteiger partial charge in [-0.05, 0) is 11.6 Å². The number of fused-ring (bicyclic) bond motifs is 1. The van der Waals surface area contributed by atoms with E-state index in [0.29, 0.717) is 11.3 Å². The Morgan fingerprint density at radius 2 is 2.04 bits per heavy atom. The Balaban J connectivity index is 1.90. The summed E-state index contributed by atoms with van der Waals surface area (Å²) in [6, 6.07) is 8.18. The first-order valence-electron chi connectivity index (χ1n) is 7.74. The molecule has 1 N–H and O–H groups in total. The Bertz CT molecular complexity index is 974. The molecule has 1 unspecified atom stereocenters. The smallest absolute Gasteiger partial charge is 0.265 e. The summed E-state index contributed by atoms with van der Waals surface area (Å²) in [6.07, 6.45) is 2.36. The Kier molecular flexibility index (Phi) is 4.64. The van der Waals surface area contributed by atoms with E-state index >= 15 is 0 Å². The van der Waals surface area contributed by atoms with E-state index < -0.39 is 21.8 Å². The molecule has 8 nitrogen and oxygen atoms in total. The number of anilines is 1. The van der Waals surface area contributed by atoms with Gasteiger partial charge in [0.05, 0.1) is 19.2 Å². The van der Waals surface area contributed by atoms with Crippen LogP contribution in [0.4, 0.5) is 5.69 Å². The Morgan fingerprint density at radius 3 is 2.77 bits per heavy atom. The number of carbonyl (C=O) groups excluding carboxylic acids is 2. The van der Waals surface area contributed by atoms with Gasteiger partial charge >= 0.3 is 0 Å². The molecule has 26 heavy (non-hydrogen) atoms.